The van der Waals surface area contributed by atoms with Gasteiger partial charge in [0.2, 0.25) is 5.91 Å². The van der Waals surface area contributed by atoms with Crippen LogP contribution in [0, 0.1) is 33.8 Å². The largest absolute Gasteiger partial charge is 0.353 e. The van der Waals surface area contributed by atoms with E-state index < -0.39 is 4.92 Å². The standard InChI is InChI=1S/C20H25N3O4/c24-19(22-18-11-13-10-17(18)16-3-1-2-15(13)16)8-9-21-20(25)12-4-6-14(7-5-12)23(26)27/h4-7,13,15-18H,1-3,8-11H2,(H,21,25)(H,22,24)/t13-,15-,16+,17+,18-/m1/s1. The Morgan fingerprint density at radius 2 is 1.81 bits per heavy atom. The zero-order chi connectivity index (χ0) is 19.0. The van der Waals surface area contributed by atoms with Crippen LogP contribution in [0.4, 0.5) is 5.69 Å². The lowest BCUT2D eigenvalue weighted by atomic mass is 9.79. The molecule has 3 saturated carbocycles. The average molecular weight is 371 g/mol. The van der Waals surface area contributed by atoms with Gasteiger partial charge in [0.25, 0.3) is 11.6 Å². The predicted molar refractivity (Wildman–Crippen MR) is 99.0 cm³/mol. The molecule has 0 saturated heterocycles. The van der Waals surface area contributed by atoms with Crippen molar-refractivity contribution in [2.75, 3.05) is 6.54 Å². The van der Waals surface area contributed by atoms with Crippen LogP contribution in [0.5, 0.6) is 0 Å². The molecule has 144 valence electrons. The maximum atomic E-state index is 12.3. The van der Waals surface area contributed by atoms with Gasteiger partial charge >= 0.3 is 0 Å². The van der Waals surface area contributed by atoms with Crippen LogP contribution in [-0.2, 0) is 4.79 Å². The Labute approximate surface area is 158 Å². The van der Waals surface area contributed by atoms with Gasteiger partial charge in [0.15, 0.2) is 0 Å². The molecule has 7 nitrogen and oxygen atoms in total. The second kappa shape index (κ2) is 7.29. The zero-order valence-corrected chi connectivity index (χ0v) is 15.2. The summed E-state index contributed by atoms with van der Waals surface area (Å²) >= 11 is 0. The molecule has 0 spiro atoms. The summed E-state index contributed by atoms with van der Waals surface area (Å²) in [6, 6.07) is 5.74. The van der Waals surface area contributed by atoms with Crippen molar-refractivity contribution in [1.29, 1.82) is 0 Å². The number of benzene rings is 1. The first-order valence-electron chi connectivity index (χ1n) is 9.85. The first kappa shape index (κ1) is 17.9. The monoisotopic (exact) mass is 371 g/mol. The second-order valence-corrected chi connectivity index (χ2v) is 8.14. The van der Waals surface area contributed by atoms with Gasteiger partial charge in [-0.1, -0.05) is 6.42 Å². The molecule has 1 aromatic carbocycles. The molecule has 4 rings (SSSR count). The van der Waals surface area contributed by atoms with Crippen molar-refractivity contribution in [3.63, 3.8) is 0 Å². The third-order valence-electron chi connectivity index (χ3n) is 6.75. The van der Waals surface area contributed by atoms with Gasteiger partial charge in [-0.05, 0) is 61.5 Å². The van der Waals surface area contributed by atoms with E-state index in [1.807, 2.05) is 0 Å². The minimum Gasteiger partial charge on any atom is -0.353 e. The molecule has 3 fully saturated rings. The van der Waals surface area contributed by atoms with Gasteiger partial charge in [0, 0.05) is 36.7 Å². The van der Waals surface area contributed by atoms with Crippen molar-refractivity contribution in [2.45, 2.75) is 44.6 Å². The predicted octanol–water partition coefficient (Wildman–Crippen LogP) is 2.66. The molecule has 0 aromatic heterocycles. The number of hydrogen-bond acceptors (Lipinski definition) is 4. The van der Waals surface area contributed by atoms with Crippen molar-refractivity contribution in [1.82, 2.24) is 10.6 Å². The molecule has 0 heterocycles. The summed E-state index contributed by atoms with van der Waals surface area (Å²) in [7, 11) is 0. The number of non-ortho nitro benzene ring substituents is 1. The molecule has 5 atom stereocenters. The summed E-state index contributed by atoms with van der Waals surface area (Å²) in [5, 5.41) is 16.5. The lowest BCUT2D eigenvalue weighted by Crippen LogP contribution is -2.43. The molecule has 2 N–H and O–H groups in total. The molecule has 0 unspecified atom stereocenters. The van der Waals surface area contributed by atoms with E-state index in [4.69, 9.17) is 0 Å². The SMILES string of the molecule is O=C(CCNC(=O)c1ccc([N+](=O)[O-])cc1)N[C@@H]1C[C@H]2C[C@H]1[C@H]1CCC[C@H]21. The molecule has 0 radical (unpaired) electrons. The van der Waals surface area contributed by atoms with Crippen molar-refractivity contribution >= 4 is 17.5 Å². The summed E-state index contributed by atoms with van der Waals surface area (Å²) in [6.07, 6.45) is 6.69. The number of hydrogen-bond donors (Lipinski definition) is 2. The Balaban J connectivity index is 1.21. The van der Waals surface area contributed by atoms with Gasteiger partial charge in [0.05, 0.1) is 4.92 Å². The van der Waals surface area contributed by atoms with E-state index in [0.717, 1.165) is 24.2 Å². The van der Waals surface area contributed by atoms with Crippen LogP contribution in [0.2, 0.25) is 0 Å². The minimum atomic E-state index is -0.504. The van der Waals surface area contributed by atoms with Gasteiger partial charge in [-0.25, -0.2) is 0 Å². The molecule has 2 amide bonds. The number of carbonyl (C=O) groups is 2. The number of fused-ring (bicyclic) bond motifs is 5. The molecular formula is C20H25N3O4. The highest BCUT2D eigenvalue weighted by Gasteiger charge is 2.53. The van der Waals surface area contributed by atoms with E-state index in [1.165, 1.54) is 49.9 Å². The van der Waals surface area contributed by atoms with E-state index in [2.05, 4.69) is 10.6 Å². The number of amides is 2. The summed E-state index contributed by atoms with van der Waals surface area (Å²) in [5.41, 5.74) is 0.294. The number of carbonyl (C=O) groups excluding carboxylic acids is 2. The van der Waals surface area contributed by atoms with Crippen molar-refractivity contribution < 1.29 is 14.5 Å². The van der Waals surface area contributed by atoms with Gasteiger partial charge < -0.3 is 10.6 Å². The summed E-state index contributed by atoms with van der Waals surface area (Å²) in [5.74, 6) is 2.84. The number of rotatable bonds is 6. The van der Waals surface area contributed by atoms with E-state index in [-0.39, 0.29) is 30.5 Å². The van der Waals surface area contributed by atoms with Gasteiger partial charge in [-0.15, -0.1) is 0 Å². The normalized spacial score (nSPS) is 30.7. The van der Waals surface area contributed by atoms with Crippen molar-refractivity contribution in [2.24, 2.45) is 23.7 Å². The highest BCUT2D eigenvalue weighted by atomic mass is 16.6. The summed E-state index contributed by atoms with van der Waals surface area (Å²) in [6.45, 7) is 0.258. The molecule has 7 heteroatoms. The fourth-order valence-electron chi connectivity index (χ4n) is 5.64. The molecular weight excluding hydrogens is 346 g/mol. The number of nitrogens with one attached hydrogen (secondary N) is 2. The maximum Gasteiger partial charge on any atom is 0.269 e. The Bertz CT molecular complexity index is 748. The topological polar surface area (TPSA) is 101 Å². The van der Waals surface area contributed by atoms with Crippen molar-refractivity contribution in [3.8, 4) is 0 Å². The summed E-state index contributed by atoms with van der Waals surface area (Å²) in [4.78, 5) is 34.5. The molecule has 27 heavy (non-hydrogen) atoms. The first-order valence-corrected chi connectivity index (χ1v) is 9.85. The van der Waals surface area contributed by atoms with Crippen LogP contribution >= 0.6 is 0 Å². The third-order valence-corrected chi connectivity index (χ3v) is 6.75. The fraction of sp³-hybridized carbons (Fsp3) is 0.600. The lowest BCUT2D eigenvalue weighted by molar-refractivity contribution is -0.384. The molecule has 3 aliphatic rings. The van der Waals surface area contributed by atoms with Crippen LogP contribution in [0.1, 0.15) is 48.9 Å². The Morgan fingerprint density at radius 1 is 1.07 bits per heavy atom. The van der Waals surface area contributed by atoms with E-state index >= 15 is 0 Å². The highest BCUT2D eigenvalue weighted by molar-refractivity contribution is 5.94. The van der Waals surface area contributed by atoms with Crippen LogP contribution in [0.3, 0.4) is 0 Å². The van der Waals surface area contributed by atoms with E-state index in [0.29, 0.717) is 17.5 Å². The lowest BCUT2D eigenvalue weighted by Gasteiger charge is -2.32. The van der Waals surface area contributed by atoms with Crippen LogP contribution < -0.4 is 10.6 Å². The fourth-order valence-corrected chi connectivity index (χ4v) is 5.64. The molecule has 3 aliphatic carbocycles. The number of nitro groups is 1. The highest BCUT2D eigenvalue weighted by Crippen LogP contribution is 2.58. The van der Waals surface area contributed by atoms with Gasteiger partial charge in [0.1, 0.15) is 0 Å². The van der Waals surface area contributed by atoms with E-state index in [9.17, 15) is 19.7 Å². The number of nitro benzene ring substituents is 1. The zero-order valence-electron chi connectivity index (χ0n) is 15.2. The van der Waals surface area contributed by atoms with Crippen LogP contribution in [-0.4, -0.2) is 29.3 Å². The third kappa shape index (κ3) is 3.55. The Hall–Kier alpha value is -2.44. The van der Waals surface area contributed by atoms with Crippen molar-refractivity contribution in [3.05, 3.63) is 39.9 Å². The van der Waals surface area contributed by atoms with Crippen LogP contribution in [0.15, 0.2) is 24.3 Å². The minimum absolute atomic E-state index is 0.00824. The average Bonchev–Trinajstić information content (AvgIpc) is 3.34. The summed E-state index contributed by atoms with van der Waals surface area (Å²) < 4.78 is 0. The Morgan fingerprint density at radius 3 is 2.56 bits per heavy atom. The Kier molecular flexibility index (Phi) is 4.85. The van der Waals surface area contributed by atoms with E-state index in [1.54, 1.807) is 0 Å². The molecule has 2 bridgehead atoms. The van der Waals surface area contributed by atoms with Gasteiger partial charge in [-0.2, -0.15) is 0 Å². The smallest absolute Gasteiger partial charge is 0.269 e. The molecule has 1 aromatic rings. The van der Waals surface area contributed by atoms with Crippen LogP contribution in [0.25, 0.3) is 0 Å². The number of nitrogens with zero attached hydrogens (tertiary/aromatic N) is 1. The molecule has 0 aliphatic heterocycles. The maximum absolute atomic E-state index is 12.3. The quantitative estimate of drug-likeness (QED) is 0.593. The second-order valence-electron chi connectivity index (χ2n) is 8.14. The van der Waals surface area contributed by atoms with Gasteiger partial charge in [-0.3, -0.25) is 19.7 Å². The first-order chi connectivity index (χ1) is 13.0.